The van der Waals surface area contributed by atoms with E-state index in [9.17, 15) is 0 Å². The summed E-state index contributed by atoms with van der Waals surface area (Å²) >= 11 is 0. The van der Waals surface area contributed by atoms with E-state index in [2.05, 4.69) is 52.1 Å². The molecule has 20 heavy (non-hydrogen) atoms. The third-order valence-corrected chi connectivity index (χ3v) is 3.28. The van der Waals surface area contributed by atoms with Gasteiger partial charge in [0.05, 0.1) is 17.4 Å². The first kappa shape index (κ1) is 14.7. The predicted octanol–water partition coefficient (Wildman–Crippen LogP) is 3.09. The van der Waals surface area contributed by atoms with Gasteiger partial charge in [0.15, 0.2) is 0 Å². The zero-order chi connectivity index (χ0) is 14.4. The van der Waals surface area contributed by atoms with Crippen LogP contribution in [0.1, 0.15) is 49.8 Å². The molecule has 0 aromatic carbocycles. The standard InChI is InChI=1S/C16H24N4/c1-4-10-17-16(14-8-6-7-13(3)19-14)15-9-11-18-20(15)12-5-2/h6-9,11,16-17H,4-5,10,12H2,1-3H3. The number of rotatable bonds is 7. The van der Waals surface area contributed by atoms with Crippen LogP contribution in [0.25, 0.3) is 0 Å². The Morgan fingerprint density at radius 2 is 2.05 bits per heavy atom. The largest absolute Gasteiger partial charge is 0.304 e. The highest BCUT2D eigenvalue weighted by atomic mass is 15.3. The minimum atomic E-state index is 0.115. The zero-order valence-corrected chi connectivity index (χ0v) is 12.6. The molecule has 0 aliphatic rings. The summed E-state index contributed by atoms with van der Waals surface area (Å²) in [6, 6.07) is 8.39. The first-order chi connectivity index (χ1) is 9.76. The van der Waals surface area contributed by atoms with Crippen molar-refractivity contribution in [1.29, 1.82) is 0 Å². The van der Waals surface area contributed by atoms with Gasteiger partial charge in [-0.25, -0.2) is 0 Å². The summed E-state index contributed by atoms with van der Waals surface area (Å²) in [6.45, 7) is 8.29. The molecular weight excluding hydrogens is 248 g/mol. The molecule has 0 aliphatic heterocycles. The van der Waals surface area contributed by atoms with E-state index in [1.54, 1.807) is 0 Å². The maximum Gasteiger partial charge on any atom is 0.0922 e. The Balaban J connectivity index is 2.33. The van der Waals surface area contributed by atoms with Crippen molar-refractivity contribution in [2.75, 3.05) is 6.54 Å². The molecule has 1 unspecified atom stereocenters. The summed E-state index contributed by atoms with van der Waals surface area (Å²) < 4.78 is 2.08. The molecule has 0 amide bonds. The van der Waals surface area contributed by atoms with Crippen LogP contribution in [0.3, 0.4) is 0 Å². The smallest absolute Gasteiger partial charge is 0.0922 e. The van der Waals surface area contributed by atoms with Gasteiger partial charge in [0.25, 0.3) is 0 Å². The van der Waals surface area contributed by atoms with Gasteiger partial charge < -0.3 is 5.32 Å². The van der Waals surface area contributed by atoms with Crippen molar-refractivity contribution in [3.8, 4) is 0 Å². The number of aromatic nitrogens is 3. The minimum absolute atomic E-state index is 0.115. The van der Waals surface area contributed by atoms with Crippen molar-refractivity contribution in [1.82, 2.24) is 20.1 Å². The molecule has 0 aliphatic carbocycles. The van der Waals surface area contributed by atoms with E-state index in [0.29, 0.717) is 0 Å². The summed E-state index contributed by atoms with van der Waals surface area (Å²) in [4.78, 5) is 4.68. The number of aryl methyl sites for hydroxylation is 2. The van der Waals surface area contributed by atoms with E-state index in [1.807, 2.05) is 19.2 Å². The average Bonchev–Trinajstić information content (AvgIpc) is 2.88. The number of pyridine rings is 1. The van der Waals surface area contributed by atoms with Crippen LogP contribution in [0, 0.1) is 6.92 Å². The molecule has 0 saturated heterocycles. The van der Waals surface area contributed by atoms with Gasteiger partial charge >= 0.3 is 0 Å². The summed E-state index contributed by atoms with van der Waals surface area (Å²) in [5.41, 5.74) is 3.31. The molecule has 0 radical (unpaired) electrons. The normalized spacial score (nSPS) is 12.6. The van der Waals surface area contributed by atoms with Crippen molar-refractivity contribution in [3.05, 3.63) is 47.5 Å². The van der Waals surface area contributed by atoms with E-state index in [1.165, 1.54) is 5.69 Å². The Morgan fingerprint density at radius 3 is 2.75 bits per heavy atom. The molecular formula is C16H24N4. The molecule has 0 fully saturated rings. The fourth-order valence-electron chi connectivity index (χ4n) is 2.36. The number of nitrogens with one attached hydrogen (secondary N) is 1. The molecule has 4 nitrogen and oxygen atoms in total. The second kappa shape index (κ2) is 7.20. The first-order valence-corrected chi connectivity index (χ1v) is 7.45. The number of nitrogens with zero attached hydrogens (tertiary/aromatic N) is 3. The molecule has 2 heterocycles. The maximum atomic E-state index is 4.68. The second-order valence-corrected chi connectivity index (χ2v) is 5.07. The van der Waals surface area contributed by atoms with Crippen molar-refractivity contribution < 1.29 is 0 Å². The van der Waals surface area contributed by atoms with Crippen LogP contribution in [0.15, 0.2) is 30.5 Å². The summed E-state index contributed by atoms with van der Waals surface area (Å²) in [6.07, 6.45) is 4.06. The van der Waals surface area contributed by atoms with Crippen LogP contribution >= 0.6 is 0 Å². The van der Waals surface area contributed by atoms with Crippen LogP contribution in [0.2, 0.25) is 0 Å². The van der Waals surface area contributed by atoms with Gasteiger partial charge in [0, 0.05) is 18.4 Å². The lowest BCUT2D eigenvalue weighted by atomic mass is 10.1. The summed E-state index contributed by atoms with van der Waals surface area (Å²) in [5, 5.41) is 8.02. The average molecular weight is 272 g/mol. The first-order valence-electron chi connectivity index (χ1n) is 7.45. The van der Waals surface area contributed by atoms with E-state index < -0.39 is 0 Å². The molecule has 2 rings (SSSR count). The summed E-state index contributed by atoms with van der Waals surface area (Å²) in [7, 11) is 0. The molecule has 0 saturated carbocycles. The molecule has 108 valence electrons. The summed E-state index contributed by atoms with van der Waals surface area (Å²) in [5.74, 6) is 0. The SMILES string of the molecule is CCCNC(c1cccc(C)n1)c1ccnn1CCC. The lowest BCUT2D eigenvalue weighted by Gasteiger charge is -2.20. The molecule has 1 atom stereocenters. The van der Waals surface area contributed by atoms with Gasteiger partial charge in [-0.3, -0.25) is 9.67 Å². The van der Waals surface area contributed by atoms with Crippen LogP contribution in [0.4, 0.5) is 0 Å². The second-order valence-electron chi connectivity index (χ2n) is 5.07. The minimum Gasteiger partial charge on any atom is -0.304 e. The van der Waals surface area contributed by atoms with Crippen LogP contribution in [-0.4, -0.2) is 21.3 Å². The van der Waals surface area contributed by atoms with Crippen molar-refractivity contribution in [2.24, 2.45) is 0 Å². The topological polar surface area (TPSA) is 42.7 Å². The fourth-order valence-corrected chi connectivity index (χ4v) is 2.36. The van der Waals surface area contributed by atoms with Gasteiger partial charge in [-0.2, -0.15) is 5.10 Å². The van der Waals surface area contributed by atoms with E-state index >= 15 is 0 Å². The molecule has 0 spiro atoms. The van der Waals surface area contributed by atoms with Crippen molar-refractivity contribution >= 4 is 0 Å². The third-order valence-electron chi connectivity index (χ3n) is 3.28. The van der Waals surface area contributed by atoms with Gasteiger partial charge in [0.1, 0.15) is 0 Å². The van der Waals surface area contributed by atoms with Crippen LogP contribution in [0.5, 0.6) is 0 Å². The molecule has 1 N–H and O–H groups in total. The lowest BCUT2D eigenvalue weighted by molar-refractivity contribution is 0.505. The van der Waals surface area contributed by atoms with Crippen molar-refractivity contribution in [2.45, 2.75) is 46.2 Å². The number of hydrogen-bond acceptors (Lipinski definition) is 3. The monoisotopic (exact) mass is 272 g/mol. The number of hydrogen-bond donors (Lipinski definition) is 1. The van der Waals surface area contributed by atoms with E-state index in [-0.39, 0.29) is 6.04 Å². The van der Waals surface area contributed by atoms with Gasteiger partial charge in [-0.15, -0.1) is 0 Å². The zero-order valence-electron chi connectivity index (χ0n) is 12.6. The maximum absolute atomic E-state index is 4.68. The van der Waals surface area contributed by atoms with E-state index in [4.69, 9.17) is 0 Å². The Morgan fingerprint density at radius 1 is 1.20 bits per heavy atom. The van der Waals surface area contributed by atoms with Crippen LogP contribution < -0.4 is 5.32 Å². The van der Waals surface area contributed by atoms with Gasteiger partial charge in [-0.05, 0) is 44.5 Å². The van der Waals surface area contributed by atoms with Gasteiger partial charge in [0.2, 0.25) is 0 Å². The fraction of sp³-hybridized carbons (Fsp3) is 0.500. The van der Waals surface area contributed by atoms with Gasteiger partial charge in [-0.1, -0.05) is 19.9 Å². The van der Waals surface area contributed by atoms with Crippen LogP contribution in [-0.2, 0) is 6.54 Å². The Hall–Kier alpha value is -1.68. The molecule has 2 aromatic heterocycles. The molecule has 0 bridgehead atoms. The molecule has 2 aromatic rings. The highest BCUT2D eigenvalue weighted by Gasteiger charge is 2.18. The Kier molecular flexibility index (Phi) is 5.30. The van der Waals surface area contributed by atoms with Crippen molar-refractivity contribution in [3.63, 3.8) is 0 Å². The van der Waals surface area contributed by atoms with E-state index in [0.717, 1.165) is 37.3 Å². The Bertz CT molecular complexity index is 533. The highest BCUT2D eigenvalue weighted by molar-refractivity contribution is 5.23. The Labute approximate surface area is 121 Å². The third kappa shape index (κ3) is 3.45. The highest BCUT2D eigenvalue weighted by Crippen LogP contribution is 2.20. The predicted molar refractivity (Wildman–Crippen MR) is 81.6 cm³/mol. The molecule has 4 heteroatoms. The lowest BCUT2D eigenvalue weighted by Crippen LogP contribution is -2.26. The quantitative estimate of drug-likeness (QED) is 0.842.